The minimum absolute atomic E-state index is 0.0594. The normalized spacial score (nSPS) is 18.6. The molecule has 1 heterocycles. The van der Waals surface area contributed by atoms with Crippen molar-refractivity contribution in [1.82, 2.24) is 0 Å². The lowest BCUT2D eigenvalue weighted by Gasteiger charge is -2.22. The zero-order valence-electron chi connectivity index (χ0n) is 8.87. The van der Waals surface area contributed by atoms with Gasteiger partial charge in [-0.05, 0) is 13.3 Å². The van der Waals surface area contributed by atoms with E-state index >= 15 is 0 Å². The van der Waals surface area contributed by atoms with Crippen molar-refractivity contribution in [3.63, 3.8) is 0 Å². The van der Waals surface area contributed by atoms with Gasteiger partial charge in [0, 0.05) is 13.0 Å². The predicted molar refractivity (Wildman–Crippen MR) is 52.2 cm³/mol. The zero-order valence-corrected chi connectivity index (χ0v) is 8.87. The van der Waals surface area contributed by atoms with Crippen LogP contribution in [0.5, 0.6) is 0 Å². The van der Waals surface area contributed by atoms with Gasteiger partial charge in [-0.3, -0.25) is 0 Å². The molecule has 0 spiro atoms. The summed E-state index contributed by atoms with van der Waals surface area (Å²) in [5.41, 5.74) is 0. The van der Waals surface area contributed by atoms with Gasteiger partial charge in [0.2, 0.25) is 0 Å². The highest BCUT2D eigenvalue weighted by Gasteiger charge is 2.13. The number of ether oxygens (including phenoxy) is 4. The zero-order chi connectivity index (χ0) is 10.1. The van der Waals surface area contributed by atoms with Crippen molar-refractivity contribution in [2.45, 2.75) is 26.1 Å². The molecule has 0 aromatic carbocycles. The first-order valence-electron chi connectivity index (χ1n) is 5.32. The number of hydrogen-bond donors (Lipinski definition) is 0. The quantitative estimate of drug-likeness (QED) is 0.584. The molecule has 0 atom stereocenters. The van der Waals surface area contributed by atoms with Crippen LogP contribution in [0, 0.1) is 0 Å². The second-order valence-electron chi connectivity index (χ2n) is 3.12. The van der Waals surface area contributed by atoms with Crippen LogP contribution in [-0.4, -0.2) is 45.9 Å². The van der Waals surface area contributed by atoms with Gasteiger partial charge in [-0.2, -0.15) is 0 Å². The van der Waals surface area contributed by atoms with Crippen molar-refractivity contribution in [2.75, 3.05) is 39.6 Å². The lowest BCUT2D eigenvalue weighted by atomic mass is 10.4. The Morgan fingerprint density at radius 2 is 1.79 bits per heavy atom. The molecule has 0 saturated carbocycles. The molecule has 4 nitrogen and oxygen atoms in total. The standard InChI is InChI=1S/C10H20O4/c1-2-11-8-9-12-7-4-10-13-5-3-6-14-10/h10H,2-9H2,1H3. The Morgan fingerprint density at radius 1 is 1.07 bits per heavy atom. The molecule has 1 fully saturated rings. The highest BCUT2D eigenvalue weighted by Crippen LogP contribution is 2.07. The predicted octanol–water partition coefficient (Wildman–Crippen LogP) is 1.19. The third kappa shape index (κ3) is 5.54. The molecule has 0 amide bonds. The smallest absolute Gasteiger partial charge is 0.159 e. The van der Waals surface area contributed by atoms with Crippen molar-refractivity contribution in [3.8, 4) is 0 Å². The molecule has 1 aliphatic heterocycles. The van der Waals surface area contributed by atoms with E-state index < -0.39 is 0 Å². The third-order valence-electron chi connectivity index (χ3n) is 1.97. The van der Waals surface area contributed by atoms with Crippen molar-refractivity contribution < 1.29 is 18.9 Å². The minimum Gasteiger partial charge on any atom is -0.379 e. The van der Waals surface area contributed by atoms with E-state index in [1.165, 1.54) is 0 Å². The molecule has 14 heavy (non-hydrogen) atoms. The third-order valence-corrected chi connectivity index (χ3v) is 1.97. The largest absolute Gasteiger partial charge is 0.379 e. The van der Waals surface area contributed by atoms with Crippen molar-refractivity contribution >= 4 is 0 Å². The summed E-state index contributed by atoms with van der Waals surface area (Å²) < 4.78 is 21.2. The Morgan fingerprint density at radius 3 is 2.50 bits per heavy atom. The lowest BCUT2D eigenvalue weighted by molar-refractivity contribution is -0.186. The summed E-state index contributed by atoms with van der Waals surface area (Å²) in [6.45, 7) is 6.34. The lowest BCUT2D eigenvalue weighted by Crippen LogP contribution is -2.26. The first kappa shape index (κ1) is 11.9. The van der Waals surface area contributed by atoms with Gasteiger partial charge in [0.05, 0.1) is 33.0 Å². The van der Waals surface area contributed by atoms with Gasteiger partial charge in [0.1, 0.15) is 0 Å². The summed E-state index contributed by atoms with van der Waals surface area (Å²) in [6, 6.07) is 0. The number of rotatable bonds is 7. The topological polar surface area (TPSA) is 36.9 Å². The first-order chi connectivity index (χ1) is 6.93. The van der Waals surface area contributed by atoms with Crippen LogP contribution in [0.15, 0.2) is 0 Å². The van der Waals surface area contributed by atoms with Crippen LogP contribution < -0.4 is 0 Å². The molecule has 0 unspecified atom stereocenters. The van der Waals surface area contributed by atoms with Gasteiger partial charge in [0.15, 0.2) is 6.29 Å². The summed E-state index contributed by atoms with van der Waals surface area (Å²) in [6.07, 6.45) is 1.75. The van der Waals surface area contributed by atoms with E-state index in [1.807, 2.05) is 6.92 Å². The van der Waals surface area contributed by atoms with Crippen LogP contribution in [-0.2, 0) is 18.9 Å². The highest BCUT2D eigenvalue weighted by atomic mass is 16.7. The average molecular weight is 204 g/mol. The molecule has 1 saturated heterocycles. The second-order valence-corrected chi connectivity index (χ2v) is 3.12. The maximum atomic E-state index is 5.37. The van der Waals surface area contributed by atoms with Gasteiger partial charge in [-0.1, -0.05) is 0 Å². The monoisotopic (exact) mass is 204 g/mol. The van der Waals surface area contributed by atoms with E-state index in [2.05, 4.69) is 0 Å². The summed E-state index contributed by atoms with van der Waals surface area (Å²) in [4.78, 5) is 0. The van der Waals surface area contributed by atoms with E-state index in [0.29, 0.717) is 19.8 Å². The molecule has 0 bridgehead atoms. The highest BCUT2D eigenvalue weighted by molar-refractivity contribution is 4.51. The van der Waals surface area contributed by atoms with E-state index in [4.69, 9.17) is 18.9 Å². The van der Waals surface area contributed by atoms with Crippen LogP contribution in [0.4, 0.5) is 0 Å². The minimum atomic E-state index is -0.0594. The molecule has 0 radical (unpaired) electrons. The number of hydrogen-bond acceptors (Lipinski definition) is 4. The van der Waals surface area contributed by atoms with Crippen molar-refractivity contribution in [3.05, 3.63) is 0 Å². The molecule has 0 aromatic heterocycles. The molecule has 0 aliphatic carbocycles. The molecule has 1 aliphatic rings. The Kier molecular flexibility index (Phi) is 6.95. The van der Waals surface area contributed by atoms with E-state index in [-0.39, 0.29) is 6.29 Å². The molecular weight excluding hydrogens is 184 g/mol. The summed E-state index contributed by atoms with van der Waals surface area (Å²) in [5, 5.41) is 0. The first-order valence-corrected chi connectivity index (χ1v) is 5.32. The molecule has 4 heteroatoms. The van der Waals surface area contributed by atoms with Crippen molar-refractivity contribution in [1.29, 1.82) is 0 Å². The Labute approximate surface area is 85.5 Å². The summed E-state index contributed by atoms with van der Waals surface area (Å²) in [7, 11) is 0. The van der Waals surface area contributed by atoms with Gasteiger partial charge in [-0.15, -0.1) is 0 Å². The molecule has 0 aromatic rings. The van der Waals surface area contributed by atoms with Crippen LogP contribution >= 0.6 is 0 Å². The maximum absolute atomic E-state index is 5.37. The maximum Gasteiger partial charge on any atom is 0.159 e. The van der Waals surface area contributed by atoms with E-state index in [0.717, 1.165) is 32.7 Å². The fourth-order valence-corrected chi connectivity index (χ4v) is 1.25. The van der Waals surface area contributed by atoms with Crippen LogP contribution in [0.1, 0.15) is 19.8 Å². The fourth-order valence-electron chi connectivity index (χ4n) is 1.25. The Hall–Kier alpha value is -0.160. The van der Waals surface area contributed by atoms with Gasteiger partial charge >= 0.3 is 0 Å². The van der Waals surface area contributed by atoms with Gasteiger partial charge < -0.3 is 18.9 Å². The molecule has 0 N–H and O–H groups in total. The Balaban J connectivity index is 1.82. The second kappa shape index (κ2) is 8.17. The van der Waals surface area contributed by atoms with Crippen molar-refractivity contribution in [2.24, 2.45) is 0 Å². The van der Waals surface area contributed by atoms with Crippen LogP contribution in [0.25, 0.3) is 0 Å². The fraction of sp³-hybridized carbons (Fsp3) is 1.00. The van der Waals surface area contributed by atoms with Crippen LogP contribution in [0.2, 0.25) is 0 Å². The van der Waals surface area contributed by atoms with Gasteiger partial charge in [-0.25, -0.2) is 0 Å². The summed E-state index contributed by atoms with van der Waals surface area (Å²) >= 11 is 0. The molecule has 84 valence electrons. The van der Waals surface area contributed by atoms with Gasteiger partial charge in [0.25, 0.3) is 0 Å². The SMILES string of the molecule is CCOCCOCCC1OCCCO1. The molecular formula is C10H20O4. The van der Waals surface area contributed by atoms with Crippen LogP contribution in [0.3, 0.4) is 0 Å². The summed E-state index contributed by atoms with van der Waals surface area (Å²) in [5.74, 6) is 0. The van der Waals surface area contributed by atoms with E-state index in [1.54, 1.807) is 0 Å². The van der Waals surface area contributed by atoms with E-state index in [9.17, 15) is 0 Å². The average Bonchev–Trinajstić information content (AvgIpc) is 2.25. The molecule has 1 rings (SSSR count). The Bertz CT molecular complexity index is 123.